The maximum absolute atomic E-state index is 5.93. The van der Waals surface area contributed by atoms with Crippen LogP contribution in [-0.4, -0.2) is 34.9 Å². The Morgan fingerprint density at radius 2 is 2.21 bits per heavy atom. The molecule has 0 unspecified atom stereocenters. The molecule has 0 saturated heterocycles. The van der Waals surface area contributed by atoms with Crippen LogP contribution < -0.4 is 11.1 Å². The molecule has 0 spiro atoms. The standard InChI is InChI=1S/C15H15N9/c1-24-8-9(5-20-24)11-6-18-13(16)15(21-11)19-7-12-10-3-2-4-17-14(10)23-22-12/h2-6,8H,7H2,1H3,(H2,16,18)(H,19,21)(H,17,22,23). The molecule has 0 radical (unpaired) electrons. The summed E-state index contributed by atoms with van der Waals surface area (Å²) in [5.41, 5.74) is 9.10. The number of hydrogen-bond acceptors (Lipinski definition) is 7. The third-order valence-electron chi connectivity index (χ3n) is 3.64. The minimum Gasteiger partial charge on any atom is -0.381 e. The van der Waals surface area contributed by atoms with E-state index in [2.05, 4.69) is 35.6 Å². The van der Waals surface area contributed by atoms with E-state index in [1.807, 2.05) is 25.4 Å². The third-order valence-corrected chi connectivity index (χ3v) is 3.64. The summed E-state index contributed by atoms with van der Waals surface area (Å²) in [7, 11) is 1.85. The van der Waals surface area contributed by atoms with Crippen molar-refractivity contribution in [2.24, 2.45) is 7.05 Å². The van der Waals surface area contributed by atoms with Crippen LogP contribution in [0.1, 0.15) is 5.69 Å². The van der Waals surface area contributed by atoms with Gasteiger partial charge >= 0.3 is 0 Å². The van der Waals surface area contributed by atoms with Gasteiger partial charge in [-0.05, 0) is 12.1 Å². The van der Waals surface area contributed by atoms with Crippen molar-refractivity contribution in [1.29, 1.82) is 0 Å². The van der Waals surface area contributed by atoms with E-state index < -0.39 is 0 Å². The lowest BCUT2D eigenvalue weighted by Gasteiger charge is -2.08. The molecule has 0 saturated carbocycles. The van der Waals surface area contributed by atoms with Crippen LogP contribution in [0.2, 0.25) is 0 Å². The van der Waals surface area contributed by atoms with Crippen LogP contribution in [0.25, 0.3) is 22.3 Å². The second-order valence-electron chi connectivity index (χ2n) is 5.32. The smallest absolute Gasteiger partial charge is 0.181 e. The molecule has 4 heterocycles. The van der Waals surface area contributed by atoms with Gasteiger partial charge < -0.3 is 11.1 Å². The largest absolute Gasteiger partial charge is 0.381 e. The summed E-state index contributed by atoms with van der Waals surface area (Å²) in [4.78, 5) is 12.9. The monoisotopic (exact) mass is 321 g/mol. The van der Waals surface area contributed by atoms with Crippen LogP contribution in [0.4, 0.5) is 11.6 Å². The molecule has 0 bridgehead atoms. The summed E-state index contributed by atoms with van der Waals surface area (Å²) in [6.07, 6.45) is 6.95. The van der Waals surface area contributed by atoms with Gasteiger partial charge in [-0.1, -0.05) is 0 Å². The molecule has 4 aromatic heterocycles. The number of nitrogens with one attached hydrogen (secondary N) is 2. The Morgan fingerprint density at radius 1 is 1.29 bits per heavy atom. The van der Waals surface area contributed by atoms with Crippen LogP contribution >= 0.6 is 0 Å². The average molecular weight is 321 g/mol. The van der Waals surface area contributed by atoms with Gasteiger partial charge in [0.15, 0.2) is 17.3 Å². The van der Waals surface area contributed by atoms with Gasteiger partial charge in [0, 0.05) is 30.4 Å². The molecule has 0 aliphatic carbocycles. The number of anilines is 2. The van der Waals surface area contributed by atoms with E-state index in [9.17, 15) is 0 Å². The SMILES string of the molecule is Cn1cc(-c2cnc(N)c(NCc3[nH]nc4ncccc34)n2)cn1. The normalized spacial score (nSPS) is 11.0. The first kappa shape index (κ1) is 14.1. The Balaban J connectivity index is 1.60. The predicted molar refractivity (Wildman–Crippen MR) is 89.9 cm³/mol. The van der Waals surface area contributed by atoms with Gasteiger partial charge in [-0.15, -0.1) is 0 Å². The summed E-state index contributed by atoms with van der Waals surface area (Å²) in [5, 5.41) is 15.4. The number of hydrogen-bond donors (Lipinski definition) is 3. The minimum absolute atomic E-state index is 0.338. The molecule has 120 valence electrons. The van der Waals surface area contributed by atoms with Crippen molar-refractivity contribution in [1.82, 2.24) is 34.9 Å². The third kappa shape index (κ3) is 2.51. The lowest BCUT2D eigenvalue weighted by atomic mass is 10.2. The first-order chi connectivity index (χ1) is 11.7. The van der Waals surface area contributed by atoms with Crippen molar-refractivity contribution >= 4 is 22.7 Å². The number of rotatable bonds is 4. The Kier molecular flexibility index (Phi) is 3.30. The number of H-pyrrole nitrogens is 1. The van der Waals surface area contributed by atoms with E-state index in [-0.39, 0.29) is 0 Å². The van der Waals surface area contributed by atoms with E-state index in [0.29, 0.717) is 29.5 Å². The highest BCUT2D eigenvalue weighted by Gasteiger charge is 2.10. The molecule has 9 heteroatoms. The van der Waals surface area contributed by atoms with E-state index >= 15 is 0 Å². The number of aromatic nitrogens is 7. The van der Waals surface area contributed by atoms with Gasteiger partial charge in [0.2, 0.25) is 0 Å². The maximum atomic E-state index is 5.93. The van der Waals surface area contributed by atoms with Crippen molar-refractivity contribution in [3.05, 3.63) is 42.6 Å². The average Bonchev–Trinajstić information content (AvgIpc) is 3.21. The van der Waals surface area contributed by atoms with Gasteiger partial charge in [0.1, 0.15) is 0 Å². The number of fused-ring (bicyclic) bond motifs is 1. The zero-order valence-electron chi connectivity index (χ0n) is 12.9. The summed E-state index contributed by atoms with van der Waals surface area (Å²) < 4.78 is 1.71. The lowest BCUT2D eigenvalue weighted by Crippen LogP contribution is -2.07. The molecule has 4 rings (SSSR count). The van der Waals surface area contributed by atoms with Gasteiger partial charge in [-0.25, -0.2) is 15.0 Å². The fourth-order valence-corrected chi connectivity index (χ4v) is 2.43. The van der Waals surface area contributed by atoms with E-state index in [0.717, 1.165) is 16.6 Å². The molecule has 0 aliphatic rings. The predicted octanol–water partition coefficient (Wildman–Crippen LogP) is 1.34. The zero-order valence-corrected chi connectivity index (χ0v) is 12.9. The molecule has 4 N–H and O–H groups in total. The summed E-state index contributed by atoms with van der Waals surface area (Å²) >= 11 is 0. The van der Waals surface area contributed by atoms with E-state index in [1.165, 1.54) is 0 Å². The van der Waals surface area contributed by atoms with E-state index in [4.69, 9.17) is 5.73 Å². The molecule has 24 heavy (non-hydrogen) atoms. The van der Waals surface area contributed by atoms with Gasteiger partial charge in [0.05, 0.1) is 30.3 Å². The van der Waals surface area contributed by atoms with Crippen LogP contribution in [0.5, 0.6) is 0 Å². The lowest BCUT2D eigenvalue weighted by molar-refractivity contribution is 0.768. The maximum Gasteiger partial charge on any atom is 0.181 e. The molecular formula is C15H15N9. The molecule has 0 amide bonds. The number of pyridine rings is 1. The van der Waals surface area contributed by atoms with Crippen molar-refractivity contribution in [3.63, 3.8) is 0 Å². The molecule has 0 aromatic carbocycles. The molecule has 9 nitrogen and oxygen atoms in total. The first-order valence-electron chi connectivity index (χ1n) is 7.34. The van der Waals surface area contributed by atoms with Crippen LogP contribution in [0.15, 0.2) is 36.9 Å². The second kappa shape index (κ2) is 5.61. The van der Waals surface area contributed by atoms with Gasteiger partial charge in [-0.3, -0.25) is 9.78 Å². The van der Waals surface area contributed by atoms with Crippen molar-refractivity contribution < 1.29 is 0 Å². The summed E-state index contributed by atoms with van der Waals surface area (Å²) in [5.74, 6) is 0.854. The van der Waals surface area contributed by atoms with Crippen molar-refractivity contribution in [2.45, 2.75) is 6.54 Å². The Bertz CT molecular complexity index is 1000. The molecule has 0 atom stereocenters. The highest BCUT2D eigenvalue weighted by Crippen LogP contribution is 2.21. The second-order valence-corrected chi connectivity index (χ2v) is 5.32. The Hall–Kier alpha value is -3.49. The van der Waals surface area contributed by atoms with Gasteiger partial charge in [-0.2, -0.15) is 10.2 Å². The highest BCUT2D eigenvalue weighted by atomic mass is 15.2. The van der Waals surface area contributed by atoms with Crippen molar-refractivity contribution in [3.8, 4) is 11.3 Å². The highest BCUT2D eigenvalue weighted by molar-refractivity contribution is 5.77. The van der Waals surface area contributed by atoms with Crippen LogP contribution in [0, 0.1) is 0 Å². The van der Waals surface area contributed by atoms with Gasteiger partial charge in [0.25, 0.3) is 0 Å². The van der Waals surface area contributed by atoms with Crippen LogP contribution in [-0.2, 0) is 13.6 Å². The molecule has 0 aliphatic heterocycles. The number of nitrogens with zero attached hydrogens (tertiary/aromatic N) is 6. The summed E-state index contributed by atoms with van der Waals surface area (Å²) in [6, 6.07) is 3.84. The zero-order chi connectivity index (χ0) is 16.5. The van der Waals surface area contributed by atoms with E-state index in [1.54, 1.807) is 23.3 Å². The number of nitrogens with two attached hydrogens (primary N) is 1. The number of aryl methyl sites for hydroxylation is 1. The molecule has 0 fully saturated rings. The van der Waals surface area contributed by atoms with Crippen LogP contribution in [0.3, 0.4) is 0 Å². The fraction of sp³-hybridized carbons (Fsp3) is 0.133. The van der Waals surface area contributed by atoms with Crippen molar-refractivity contribution in [2.75, 3.05) is 11.1 Å². The minimum atomic E-state index is 0.338. The fourth-order valence-electron chi connectivity index (χ4n) is 2.43. The Morgan fingerprint density at radius 3 is 3.04 bits per heavy atom. The quantitative estimate of drug-likeness (QED) is 0.518. The topological polar surface area (TPSA) is 123 Å². The molecular weight excluding hydrogens is 306 g/mol. The summed E-state index contributed by atoms with van der Waals surface area (Å²) in [6.45, 7) is 0.484. The number of nitrogen functional groups attached to an aromatic ring is 1. The molecule has 4 aromatic rings. The Labute approximate surface area is 137 Å². The number of aromatic amines is 1. The first-order valence-corrected chi connectivity index (χ1v) is 7.34.